The fourth-order valence-electron chi connectivity index (χ4n) is 5.06. The van der Waals surface area contributed by atoms with Crippen LogP contribution < -0.4 is 16.6 Å². The summed E-state index contributed by atoms with van der Waals surface area (Å²) >= 11 is 0. The first-order valence-corrected chi connectivity index (χ1v) is 15.0. The second-order valence-corrected chi connectivity index (χ2v) is 13.3. The van der Waals surface area contributed by atoms with Crippen LogP contribution >= 0.6 is 0 Å². The SMILES string of the molecule is Cc1ccc(S(=O)(=O)n2ccc3c(-c4cccc(NC(=O)c5ccc(C(C)(C)C)cc5)c4CN)cn(C)c(=O)c32)cc1. The van der Waals surface area contributed by atoms with Crippen molar-refractivity contribution < 1.29 is 13.2 Å². The summed E-state index contributed by atoms with van der Waals surface area (Å²) in [6.45, 7) is 8.32. The standard InChI is InChI=1S/C33H34N4O4S/c1-21-9-15-24(16-10-21)42(40,41)37-18-17-26-28(20-36(5)32(39)30(26)37)25-7-6-8-29(27(25)19-34)35-31(38)22-11-13-23(14-12-22)33(2,3)4/h6-18,20H,19,34H2,1-5H3,(H,35,38). The van der Waals surface area contributed by atoms with Crippen molar-refractivity contribution in [2.45, 2.75) is 44.6 Å². The molecule has 216 valence electrons. The third-order valence-corrected chi connectivity index (χ3v) is 9.19. The third kappa shape index (κ3) is 5.17. The van der Waals surface area contributed by atoms with E-state index in [0.717, 1.165) is 15.1 Å². The third-order valence-electron chi connectivity index (χ3n) is 7.50. The summed E-state index contributed by atoms with van der Waals surface area (Å²) in [6, 6.07) is 21.0. The number of carbonyl (C=O) groups is 1. The Bertz CT molecular complexity index is 1980. The zero-order chi connectivity index (χ0) is 30.4. The number of aryl methyl sites for hydroxylation is 2. The Morgan fingerprint density at radius 3 is 2.21 bits per heavy atom. The molecule has 0 unspecified atom stereocenters. The van der Waals surface area contributed by atoms with Crippen molar-refractivity contribution in [2.24, 2.45) is 12.8 Å². The van der Waals surface area contributed by atoms with E-state index < -0.39 is 15.6 Å². The molecule has 0 spiro atoms. The highest BCUT2D eigenvalue weighted by molar-refractivity contribution is 7.90. The summed E-state index contributed by atoms with van der Waals surface area (Å²) in [7, 11) is -2.46. The number of aromatic nitrogens is 2. The van der Waals surface area contributed by atoms with Crippen LogP contribution in [-0.2, 0) is 29.0 Å². The van der Waals surface area contributed by atoms with Crippen molar-refractivity contribution in [2.75, 3.05) is 5.32 Å². The van der Waals surface area contributed by atoms with Crippen LogP contribution in [0.25, 0.3) is 22.0 Å². The molecular formula is C33H34N4O4S. The maximum absolute atomic E-state index is 13.6. The molecule has 0 aliphatic rings. The zero-order valence-corrected chi connectivity index (χ0v) is 25.1. The Morgan fingerprint density at radius 1 is 0.929 bits per heavy atom. The van der Waals surface area contributed by atoms with E-state index in [1.807, 2.05) is 25.1 Å². The summed E-state index contributed by atoms with van der Waals surface area (Å²) in [5.74, 6) is -0.275. The van der Waals surface area contributed by atoms with Crippen LogP contribution in [0.4, 0.5) is 5.69 Å². The van der Waals surface area contributed by atoms with Gasteiger partial charge in [-0.25, -0.2) is 12.4 Å². The van der Waals surface area contributed by atoms with Gasteiger partial charge in [-0.05, 0) is 65.4 Å². The van der Waals surface area contributed by atoms with Crippen LogP contribution in [0.1, 0.15) is 47.8 Å². The van der Waals surface area contributed by atoms with Gasteiger partial charge in [-0.3, -0.25) is 9.59 Å². The average molecular weight is 583 g/mol. The topological polar surface area (TPSA) is 116 Å². The van der Waals surface area contributed by atoms with Crippen molar-refractivity contribution in [1.29, 1.82) is 0 Å². The number of anilines is 1. The van der Waals surface area contributed by atoms with Gasteiger partial charge in [-0.15, -0.1) is 0 Å². The summed E-state index contributed by atoms with van der Waals surface area (Å²) < 4.78 is 29.6. The van der Waals surface area contributed by atoms with Crippen molar-refractivity contribution >= 4 is 32.5 Å². The van der Waals surface area contributed by atoms with Crippen LogP contribution in [0.15, 0.2) is 94.9 Å². The minimum Gasteiger partial charge on any atom is -0.326 e. The van der Waals surface area contributed by atoms with E-state index in [2.05, 4.69) is 26.1 Å². The molecule has 0 bridgehead atoms. The Hall–Kier alpha value is -4.47. The number of nitrogens with two attached hydrogens (primary N) is 1. The Balaban J connectivity index is 1.60. The van der Waals surface area contributed by atoms with Crippen LogP contribution in [0.2, 0.25) is 0 Å². The van der Waals surface area contributed by atoms with E-state index in [0.29, 0.717) is 33.3 Å². The predicted octanol–water partition coefficient (Wildman–Crippen LogP) is 5.56. The number of nitrogens with zero attached hydrogens (tertiary/aromatic N) is 2. The van der Waals surface area contributed by atoms with Crippen LogP contribution in [-0.4, -0.2) is 22.9 Å². The first kappa shape index (κ1) is 29.0. The highest BCUT2D eigenvalue weighted by Crippen LogP contribution is 2.35. The monoisotopic (exact) mass is 582 g/mol. The Labute approximate surface area is 245 Å². The number of hydrogen-bond acceptors (Lipinski definition) is 5. The quantitative estimate of drug-likeness (QED) is 0.272. The molecule has 0 atom stereocenters. The van der Waals surface area contributed by atoms with Crippen molar-refractivity contribution in [1.82, 2.24) is 8.54 Å². The average Bonchev–Trinajstić information content (AvgIpc) is 3.41. The Morgan fingerprint density at radius 2 is 1.60 bits per heavy atom. The molecule has 0 radical (unpaired) electrons. The molecule has 0 saturated carbocycles. The van der Waals surface area contributed by atoms with Gasteiger partial charge in [0.25, 0.3) is 21.5 Å². The van der Waals surface area contributed by atoms with Crippen LogP contribution in [0, 0.1) is 6.92 Å². The largest absolute Gasteiger partial charge is 0.326 e. The molecule has 3 aromatic carbocycles. The molecule has 0 aliphatic heterocycles. The van der Waals surface area contributed by atoms with Crippen molar-refractivity contribution in [3.8, 4) is 11.1 Å². The Kier molecular flexibility index (Phi) is 7.42. The van der Waals surface area contributed by atoms with E-state index in [1.54, 1.807) is 55.7 Å². The van der Waals surface area contributed by atoms with Crippen LogP contribution in [0.3, 0.4) is 0 Å². The number of benzene rings is 3. The lowest BCUT2D eigenvalue weighted by Crippen LogP contribution is -2.22. The molecule has 42 heavy (non-hydrogen) atoms. The normalized spacial score (nSPS) is 12.0. The number of amides is 1. The number of fused-ring (bicyclic) bond motifs is 1. The maximum atomic E-state index is 13.6. The second kappa shape index (κ2) is 10.7. The molecule has 2 aromatic heterocycles. The molecule has 2 heterocycles. The summed E-state index contributed by atoms with van der Waals surface area (Å²) in [5, 5.41) is 3.45. The fourth-order valence-corrected chi connectivity index (χ4v) is 6.41. The molecule has 0 saturated heterocycles. The molecule has 1 amide bonds. The fraction of sp³-hybridized carbons (Fsp3) is 0.212. The van der Waals surface area contributed by atoms with Gasteiger partial charge in [0.2, 0.25) is 0 Å². The van der Waals surface area contributed by atoms with Crippen molar-refractivity contribution in [3.63, 3.8) is 0 Å². The molecule has 0 fully saturated rings. The second-order valence-electron chi connectivity index (χ2n) is 11.5. The molecule has 3 N–H and O–H groups in total. The lowest BCUT2D eigenvalue weighted by atomic mass is 9.86. The summed E-state index contributed by atoms with van der Waals surface area (Å²) in [6.07, 6.45) is 3.07. The van der Waals surface area contributed by atoms with Gasteiger partial charge in [0.05, 0.1) is 4.90 Å². The number of nitrogens with one attached hydrogen (secondary N) is 1. The van der Waals surface area contributed by atoms with Crippen molar-refractivity contribution in [3.05, 3.63) is 118 Å². The van der Waals surface area contributed by atoms with Crippen LogP contribution in [0.5, 0.6) is 0 Å². The highest BCUT2D eigenvalue weighted by atomic mass is 32.2. The van der Waals surface area contributed by atoms with Gasteiger partial charge in [0, 0.05) is 48.2 Å². The first-order valence-electron chi connectivity index (χ1n) is 13.6. The highest BCUT2D eigenvalue weighted by Gasteiger charge is 2.24. The van der Waals surface area contributed by atoms with Gasteiger partial charge in [-0.1, -0.05) is 62.7 Å². The van der Waals surface area contributed by atoms with Gasteiger partial charge in [0.15, 0.2) is 0 Å². The smallest absolute Gasteiger partial charge is 0.275 e. The number of rotatable bonds is 6. The summed E-state index contributed by atoms with van der Waals surface area (Å²) in [4.78, 5) is 26.6. The summed E-state index contributed by atoms with van der Waals surface area (Å²) in [5.41, 5.74) is 10.8. The molecular weight excluding hydrogens is 548 g/mol. The van der Waals surface area contributed by atoms with E-state index in [1.165, 1.54) is 22.9 Å². The zero-order valence-electron chi connectivity index (χ0n) is 24.3. The number of pyridine rings is 1. The molecule has 9 heteroatoms. The van der Waals surface area contributed by atoms with Gasteiger partial charge in [-0.2, -0.15) is 0 Å². The van der Waals surface area contributed by atoms with E-state index in [9.17, 15) is 18.0 Å². The van der Waals surface area contributed by atoms with E-state index in [4.69, 9.17) is 5.73 Å². The minimum absolute atomic E-state index is 0.0322. The first-order chi connectivity index (χ1) is 19.8. The van der Waals surface area contributed by atoms with E-state index >= 15 is 0 Å². The number of hydrogen-bond donors (Lipinski definition) is 2. The molecule has 5 aromatic rings. The molecule has 8 nitrogen and oxygen atoms in total. The van der Waals surface area contributed by atoms with E-state index in [-0.39, 0.29) is 28.3 Å². The molecule has 0 aliphatic carbocycles. The lowest BCUT2D eigenvalue weighted by molar-refractivity contribution is 0.102. The van der Waals surface area contributed by atoms with Gasteiger partial charge < -0.3 is 15.6 Å². The lowest BCUT2D eigenvalue weighted by Gasteiger charge is -2.19. The van der Waals surface area contributed by atoms with Gasteiger partial charge >= 0.3 is 0 Å². The van der Waals surface area contributed by atoms with Gasteiger partial charge in [0.1, 0.15) is 5.52 Å². The maximum Gasteiger partial charge on any atom is 0.275 e. The predicted molar refractivity (Wildman–Crippen MR) is 167 cm³/mol. The molecule has 5 rings (SSSR count). The minimum atomic E-state index is -4.04. The number of carbonyl (C=O) groups excluding carboxylic acids is 1.